The maximum absolute atomic E-state index is 11.6. The smallest absolute Gasteiger partial charge is 0.136 e. The lowest BCUT2D eigenvalue weighted by Gasteiger charge is -2.16. The van der Waals surface area contributed by atoms with Crippen molar-refractivity contribution in [3.63, 3.8) is 0 Å². The summed E-state index contributed by atoms with van der Waals surface area (Å²) in [6.07, 6.45) is 8.14. The quantitative estimate of drug-likeness (QED) is 0.635. The molecule has 2 unspecified atom stereocenters. The van der Waals surface area contributed by atoms with E-state index in [4.69, 9.17) is 0 Å². The zero-order valence-corrected chi connectivity index (χ0v) is 9.01. The number of unbranched alkanes of at least 4 members (excludes halogenated alkanes) is 1. The molecule has 0 heterocycles. The van der Waals surface area contributed by atoms with E-state index in [9.17, 15) is 4.79 Å². The number of rotatable bonds is 5. The number of ketones is 1. The van der Waals surface area contributed by atoms with Crippen molar-refractivity contribution in [1.29, 1.82) is 0 Å². The van der Waals surface area contributed by atoms with Crippen molar-refractivity contribution in [3.8, 4) is 0 Å². The van der Waals surface area contributed by atoms with E-state index in [2.05, 4.69) is 13.8 Å². The number of hydrogen-bond donors (Lipinski definition) is 0. The number of Topliss-reactive ketones (excluding diaryl/α,β-unsaturated/α-hetero) is 1. The third-order valence-electron chi connectivity index (χ3n) is 3.27. The van der Waals surface area contributed by atoms with Gasteiger partial charge in [0.15, 0.2) is 0 Å². The Morgan fingerprint density at radius 3 is 2.62 bits per heavy atom. The van der Waals surface area contributed by atoms with Crippen LogP contribution in [0.1, 0.15) is 58.8 Å². The van der Waals surface area contributed by atoms with E-state index < -0.39 is 0 Å². The Morgan fingerprint density at radius 2 is 2.00 bits per heavy atom. The van der Waals surface area contributed by atoms with Crippen LogP contribution in [0, 0.1) is 11.8 Å². The molecule has 0 aromatic carbocycles. The molecule has 0 aromatic rings. The first-order chi connectivity index (χ1) is 6.29. The van der Waals surface area contributed by atoms with Gasteiger partial charge in [-0.1, -0.05) is 39.5 Å². The van der Waals surface area contributed by atoms with Crippen molar-refractivity contribution in [3.05, 3.63) is 0 Å². The van der Waals surface area contributed by atoms with Gasteiger partial charge in [0, 0.05) is 12.3 Å². The van der Waals surface area contributed by atoms with Crippen molar-refractivity contribution < 1.29 is 4.79 Å². The molecule has 0 radical (unpaired) electrons. The third kappa shape index (κ3) is 2.82. The van der Waals surface area contributed by atoms with Crippen LogP contribution in [-0.2, 0) is 4.79 Å². The van der Waals surface area contributed by atoms with E-state index in [1.54, 1.807) is 0 Å². The molecule has 13 heavy (non-hydrogen) atoms. The largest absolute Gasteiger partial charge is 0.299 e. The first-order valence-corrected chi connectivity index (χ1v) is 5.82. The second-order valence-electron chi connectivity index (χ2n) is 4.30. The van der Waals surface area contributed by atoms with Gasteiger partial charge < -0.3 is 0 Å². The van der Waals surface area contributed by atoms with Gasteiger partial charge in [-0.25, -0.2) is 0 Å². The molecule has 2 atom stereocenters. The van der Waals surface area contributed by atoms with Crippen LogP contribution in [0.2, 0.25) is 0 Å². The Morgan fingerprint density at radius 1 is 1.23 bits per heavy atom. The molecule has 76 valence electrons. The van der Waals surface area contributed by atoms with E-state index in [-0.39, 0.29) is 0 Å². The molecule has 1 rings (SSSR count). The Labute approximate surface area is 81.9 Å². The fourth-order valence-electron chi connectivity index (χ4n) is 2.51. The van der Waals surface area contributed by atoms with E-state index in [1.165, 1.54) is 32.1 Å². The van der Waals surface area contributed by atoms with Crippen LogP contribution in [-0.4, -0.2) is 5.78 Å². The molecule has 0 amide bonds. The summed E-state index contributed by atoms with van der Waals surface area (Å²) in [7, 11) is 0. The summed E-state index contributed by atoms with van der Waals surface area (Å²) in [4.78, 5) is 11.6. The summed E-state index contributed by atoms with van der Waals surface area (Å²) in [5.41, 5.74) is 0. The predicted octanol–water partition coefficient (Wildman–Crippen LogP) is 3.57. The van der Waals surface area contributed by atoms with Crippen LogP contribution in [0.15, 0.2) is 0 Å². The fraction of sp³-hybridized carbons (Fsp3) is 0.917. The Hall–Kier alpha value is -0.330. The first-order valence-electron chi connectivity index (χ1n) is 5.82. The van der Waals surface area contributed by atoms with Gasteiger partial charge in [0.25, 0.3) is 0 Å². The van der Waals surface area contributed by atoms with Crippen LogP contribution >= 0.6 is 0 Å². The zero-order chi connectivity index (χ0) is 9.68. The Kier molecular flexibility index (Phi) is 4.47. The lowest BCUT2D eigenvalue weighted by Crippen LogP contribution is -2.14. The Balaban J connectivity index is 2.40. The number of carbonyl (C=O) groups is 1. The van der Waals surface area contributed by atoms with Crippen LogP contribution in [0.3, 0.4) is 0 Å². The normalized spacial score (nSPS) is 28.3. The van der Waals surface area contributed by atoms with E-state index in [0.717, 1.165) is 18.8 Å². The van der Waals surface area contributed by atoms with Gasteiger partial charge in [0.2, 0.25) is 0 Å². The Bertz CT molecular complexity index is 163. The second kappa shape index (κ2) is 5.41. The summed E-state index contributed by atoms with van der Waals surface area (Å²) < 4.78 is 0. The molecular weight excluding hydrogens is 160 g/mol. The topological polar surface area (TPSA) is 17.1 Å². The average Bonchev–Trinajstić information content (AvgIpc) is 2.45. The maximum Gasteiger partial charge on any atom is 0.136 e. The average molecular weight is 182 g/mol. The molecule has 0 aliphatic heterocycles. The minimum absolute atomic E-state index is 0.430. The van der Waals surface area contributed by atoms with Gasteiger partial charge in [-0.05, 0) is 18.8 Å². The summed E-state index contributed by atoms with van der Waals surface area (Å²) in [6.45, 7) is 4.42. The molecule has 0 bridgehead atoms. The highest BCUT2D eigenvalue weighted by Crippen LogP contribution is 2.35. The molecule has 1 fully saturated rings. The van der Waals surface area contributed by atoms with Crippen molar-refractivity contribution in [1.82, 2.24) is 0 Å². The van der Waals surface area contributed by atoms with Crippen molar-refractivity contribution in [2.75, 3.05) is 0 Å². The highest BCUT2D eigenvalue weighted by molar-refractivity contribution is 5.83. The fourth-order valence-corrected chi connectivity index (χ4v) is 2.51. The number of hydrogen-bond acceptors (Lipinski definition) is 1. The first kappa shape index (κ1) is 10.7. The molecule has 0 aromatic heterocycles. The van der Waals surface area contributed by atoms with E-state index >= 15 is 0 Å². The lowest BCUT2D eigenvalue weighted by molar-refractivity contribution is -0.121. The van der Waals surface area contributed by atoms with Crippen LogP contribution in [0.25, 0.3) is 0 Å². The summed E-state index contributed by atoms with van der Waals surface area (Å²) in [5, 5.41) is 0. The molecule has 1 saturated carbocycles. The van der Waals surface area contributed by atoms with Gasteiger partial charge >= 0.3 is 0 Å². The third-order valence-corrected chi connectivity index (χ3v) is 3.27. The molecule has 1 nitrogen and oxygen atoms in total. The molecule has 1 aliphatic rings. The van der Waals surface area contributed by atoms with E-state index in [1.807, 2.05) is 0 Å². The standard InChI is InChI=1S/C12H22O/c1-3-5-7-11-10(6-4-2)8-9-12(11)13/h10-11H,3-9H2,1-2H3. The number of carbonyl (C=O) groups excluding carboxylic acids is 1. The van der Waals surface area contributed by atoms with Crippen LogP contribution < -0.4 is 0 Å². The molecule has 0 spiro atoms. The van der Waals surface area contributed by atoms with Crippen LogP contribution in [0.4, 0.5) is 0 Å². The monoisotopic (exact) mass is 182 g/mol. The van der Waals surface area contributed by atoms with Gasteiger partial charge in [0.1, 0.15) is 5.78 Å². The molecule has 1 heteroatoms. The van der Waals surface area contributed by atoms with Gasteiger partial charge in [0.05, 0.1) is 0 Å². The molecule has 1 aliphatic carbocycles. The van der Waals surface area contributed by atoms with Gasteiger partial charge in [-0.15, -0.1) is 0 Å². The maximum atomic E-state index is 11.6. The van der Waals surface area contributed by atoms with Crippen LogP contribution in [0.5, 0.6) is 0 Å². The second-order valence-corrected chi connectivity index (χ2v) is 4.30. The summed E-state index contributed by atoms with van der Waals surface area (Å²) in [6, 6.07) is 0. The van der Waals surface area contributed by atoms with Gasteiger partial charge in [-0.2, -0.15) is 0 Å². The SMILES string of the molecule is CCCCC1C(=O)CCC1CCC. The summed E-state index contributed by atoms with van der Waals surface area (Å²) >= 11 is 0. The highest BCUT2D eigenvalue weighted by Gasteiger charge is 2.32. The predicted molar refractivity (Wildman–Crippen MR) is 55.7 cm³/mol. The molecule has 0 N–H and O–H groups in total. The highest BCUT2D eigenvalue weighted by atomic mass is 16.1. The van der Waals surface area contributed by atoms with E-state index in [0.29, 0.717) is 11.7 Å². The minimum Gasteiger partial charge on any atom is -0.299 e. The molecule has 0 saturated heterocycles. The van der Waals surface area contributed by atoms with Crippen molar-refractivity contribution in [2.45, 2.75) is 58.8 Å². The lowest BCUT2D eigenvalue weighted by atomic mass is 9.87. The summed E-state index contributed by atoms with van der Waals surface area (Å²) in [5.74, 6) is 1.70. The van der Waals surface area contributed by atoms with Gasteiger partial charge in [-0.3, -0.25) is 4.79 Å². The van der Waals surface area contributed by atoms with Crippen molar-refractivity contribution in [2.24, 2.45) is 11.8 Å². The minimum atomic E-state index is 0.430. The molecular formula is C12H22O. The van der Waals surface area contributed by atoms with Crippen molar-refractivity contribution >= 4 is 5.78 Å². The zero-order valence-electron chi connectivity index (χ0n) is 9.01.